The Bertz CT molecular complexity index is 1160. The number of pyridine rings is 1. The average Bonchev–Trinajstić information content (AvgIpc) is 3.07. The van der Waals surface area contributed by atoms with E-state index in [0.29, 0.717) is 0 Å². The van der Waals surface area contributed by atoms with Crippen molar-refractivity contribution in [1.82, 2.24) is 19.9 Å². The molecule has 2 amide bonds. The summed E-state index contributed by atoms with van der Waals surface area (Å²) < 4.78 is 20.9. The van der Waals surface area contributed by atoms with Gasteiger partial charge in [-0.15, -0.1) is 0 Å². The van der Waals surface area contributed by atoms with Crippen LogP contribution in [0.1, 0.15) is 31.2 Å². The Morgan fingerprint density at radius 1 is 0.938 bits per heavy atom. The smallest absolute Gasteiger partial charge is 0.362 e. The van der Waals surface area contributed by atoms with E-state index in [-0.39, 0.29) is 40.3 Å². The average molecular weight is 436 g/mol. The van der Waals surface area contributed by atoms with E-state index in [1.165, 1.54) is 50.7 Å². The van der Waals surface area contributed by atoms with Gasteiger partial charge in [-0.2, -0.15) is 9.97 Å². The van der Waals surface area contributed by atoms with Crippen molar-refractivity contribution in [2.45, 2.75) is 0 Å². The van der Waals surface area contributed by atoms with E-state index in [1.54, 1.807) is 12.1 Å². The zero-order valence-corrected chi connectivity index (χ0v) is 17.0. The molecule has 0 atom stereocenters. The zero-order chi connectivity index (χ0) is 22.7. The van der Waals surface area contributed by atoms with Gasteiger partial charge in [0.05, 0.1) is 31.4 Å². The zero-order valence-electron chi connectivity index (χ0n) is 17.0. The molecular weight excluding hydrogens is 420 g/mol. The Kier molecular flexibility index (Phi) is 5.62. The summed E-state index contributed by atoms with van der Waals surface area (Å²) in [5.74, 6) is -1.64. The number of rotatable bonds is 7. The highest BCUT2D eigenvalue weighted by Crippen LogP contribution is 2.26. The fraction of sp³-hybridized carbons (Fsp3) is 0.143. The van der Waals surface area contributed by atoms with Crippen molar-refractivity contribution in [3.63, 3.8) is 0 Å². The summed E-state index contributed by atoms with van der Waals surface area (Å²) >= 11 is 0. The van der Waals surface area contributed by atoms with Crippen LogP contribution in [0.4, 0.5) is 0 Å². The van der Waals surface area contributed by atoms with E-state index in [2.05, 4.69) is 15.0 Å². The van der Waals surface area contributed by atoms with Crippen LogP contribution in [-0.4, -0.2) is 58.6 Å². The van der Waals surface area contributed by atoms with Crippen LogP contribution >= 0.6 is 0 Å². The van der Waals surface area contributed by atoms with Crippen LogP contribution in [0, 0.1) is 0 Å². The number of fused-ring (bicyclic) bond motifs is 1. The van der Waals surface area contributed by atoms with Crippen molar-refractivity contribution < 1.29 is 33.3 Å². The number of ether oxygens (including phenoxy) is 4. The summed E-state index contributed by atoms with van der Waals surface area (Å²) in [6, 6.07) is 10.7. The molecule has 2 aromatic heterocycles. The van der Waals surface area contributed by atoms with Gasteiger partial charge in [-0.05, 0) is 24.3 Å². The van der Waals surface area contributed by atoms with E-state index in [1.807, 2.05) is 0 Å². The number of hydrogen-bond donors (Lipinski definition) is 0. The van der Waals surface area contributed by atoms with Crippen LogP contribution in [-0.2, 0) is 4.74 Å². The SMILES string of the molecule is COc1cc(OC)nc(Oc2cccnc2C(=O)OCN2C(=O)c3ccccc3C2=O)n1. The van der Waals surface area contributed by atoms with Crippen molar-refractivity contribution in [2.75, 3.05) is 21.0 Å². The molecule has 1 aromatic carbocycles. The van der Waals surface area contributed by atoms with Crippen molar-refractivity contribution in [1.29, 1.82) is 0 Å². The maximum Gasteiger partial charge on any atom is 0.362 e. The van der Waals surface area contributed by atoms with Gasteiger partial charge in [0.1, 0.15) is 0 Å². The lowest BCUT2D eigenvalue weighted by Gasteiger charge is -2.14. The van der Waals surface area contributed by atoms with Crippen LogP contribution < -0.4 is 14.2 Å². The number of aromatic nitrogens is 3. The third kappa shape index (κ3) is 3.90. The summed E-state index contributed by atoms with van der Waals surface area (Å²) in [6.07, 6.45) is 1.36. The second kappa shape index (κ2) is 8.68. The lowest BCUT2D eigenvalue weighted by Crippen LogP contribution is -2.33. The van der Waals surface area contributed by atoms with E-state index in [4.69, 9.17) is 18.9 Å². The molecule has 0 saturated heterocycles. The van der Waals surface area contributed by atoms with E-state index in [0.717, 1.165) is 4.90 Å². The topological polar surface area (TPSA) is 130 Å². The molecule has 0 unspecified atom stereocenters. The fourth-order valence-electron chi connectivity index (χ4n) is 2.91. The molecule has 32 heavy (non-hydrogen) atoms. The molecule has 0 spiro atoms. The molecular formula is C21H16N4O7. The highest BCUT2D eigenvalue weighted by Gasteiger charge is 2.36. The summed E-state index contributed by atoms with van der Waals surface area (Å²) in [5, 5.41) is 0. The molecule has 3 heterocycles. The number of benzene rings is 1. The van der Waals surface area contributed by atoms with Crippen LogP contribution in [0.2, 0.25) is 0 Å². The molecule has 4 rings (SSSR count). The third-order valence-corrected chi connectivity index (χ3v) is 4.45. The van der Waals surface area contributed by atoms with Gasteiger partial charge in [0.15, 0.2) is 18.2 Å². The van der Waals surface area contributed by atoms with Crippen molar-refractivity contribution in [3.8, 4) is 23.5 Å². The Balaban J connectivity index is 1.50. The van der Waals surface area contributed by atoms with Crippen molar-refractivity contribution in [3.05, 3.63) is 65.5 Å². The fourth-order valence-corrected chi connectivity index (χ4v) is 2.91. The third-order valence-electron chi connectivity index (χ3n) is 4.45. The second-order valence-corrected chi connectivity index (χ2v) is 6.33. The Hall–Kier alpha value is -4.54. The Morgan fingerprint density at radius 3 is 2.16 bits per heavy atom. The first-order chi connectivity index (χ1) is 15.5. The maximum atomic E-state index is 12.6. The number of amides is 2. The molecule has 0 saturated carbocycles. The molecule has 0 fully saturated rings. The Labute approximate surface area is 181 Å². The monoisotopic (exact) mass is 436 g/mol. The maximum absolute atomic E-state index is 12.6. The van der Waals surface area contributed by atoms with Gasteiger partial charge in [-0.25, -0.2) is 14.7 Å². The quantitative estimate of drug-likeness (QED) is 0.401. The molecule has 0 radical (unpaired) electrons. The molecule has 0 aliphatic carbocycles. The number of methoxy groups -OCH3 is 2. The van der Waals surface area contributed by atoms with E-state index < -0.39 is 24.5 Å². The van der Waals surface area contributed by atoms with Gasteiger partial charge >= 0.3 is 12.0 Å². The van der Waals surface area contributed by atoms with Gasteiger partial charge in [-0.1, -0.05) is 12.1 Å². The number of esters is 1. The number of imide groups is 1. The molecule has 11 heteroatoms. The predicted octanol–water partition coefficient (Wildman–Crippen LogP) is 2.09. The van der Waals surface area contributed by atoms with Gasteiger partial charge in [0.2, 0.25) is 11.8 Å². The first-order valence-corrected chi connectivity index (χ1v) is 9.24. The normalized spacial score (nSPS) is 12.4. The van der Waals surface area contributed by atoms with Gasteiger partial charge in [0, 0.05) is 6.20 Å². The lowest BCUT2D eigenvalue weighted by molar-refractivity contribution is 0.0222. The van der Waals surface area contributed by atoms with Crippen LogP contribution in [0.3, 0.4) is 0 Å². The number of hydrogen-bond acceptors (Lipinski definition) is 10. The molecule has 1 aliphatic heterocycles. The molecule has 162 valence electrons. The largest absolute Gasteiger partial charge is 0.481 e. The van der Waals surface area contributed by atoms with Crippen LogP contribution in [0.15, 0.2) is 48.7 Å². The number of carbonyl (C=O) groups excluding carboxylic acids is 3. The molecule has 0 bridgehead atoms. The highest BCUT2D eigenvalue weighted by molar-refractivity contribution is 6.21. The number of nitrogens with zero attached hydrogens (tertiary/aromatic N) is 4. The van der Waals surface area contributed by atoms with E-state index in [9.17, 15) is 14.4 Å². The molecule has 11 nitrogen and oxygen atoms in total. The first-order valence-electron chi connectivity index (χ1n) is 9.24. The van der Waals surface area contributed by atoms with Crippen LogP contribution in [0.25, 0.3) is 0 Å². The number of carbonyl (C=O) groups is 3. The standard InChI is InChI=1S/C21H16N4O7/c1-29-15-10-16(30-2)24-21(23-15)32-14-8-5-9-22-17(14)20(28)31-11-25-18(26)12-6-3-4-7-13(12)19(25)27/h3-10H,11H2,1-2H3. The Morgan fingerprint density at radius 2 is 1.56 bits per heavy atom. The lowest BCUT2D eigenvalue weighted by atomic mass is 10.1. The van der Waals surface area contributed by atoms with E-state index >= 15 is 0 Å². The van der Waals surface area contributed by atoms with Gasteiger partial charge in [0.25, 0.3) is 11.8 Å². The molecule has 1 aliphatic rings. The van der Waals surface area contributed by atoms with Crippen LogP contribution in [0.5, 0.6) is 23.5 Å². The van der Waals surface area contributed by atoms with Crippen molar-refractivity contribution in [2.24, 2.45) is 0 Å². The minimum Gasteiger partial charge on any atom is -0.481 e. The van der Waals surface area contributed by atoms with Gasteiger partial charge < -0.3 is 18.9 Å². The molecule has 0 N–H and O–H groups in total. The van der Waals surface area contributed by atoms with Crippen molar-refractivity contribution >= 4 is 17.8 Å². The predicted molar refractivity (Wildman–Crippen MR) is 107 cm³/mol. The first kappa shape index (κ1) is 20.7. The summed E-state index contributed by atoms with van der Waals surface area (Å²) in [4.78, 5) is 50.4. The molecule has 3 aromatic rings. The summed E-state index contributed by atoms with van der Waals surface area (Å²) in [7, 11) is 2.83. The minimum atomic E-state index is -0.910. The second-order valence-electron chi connectivity index (χ2n) is 6.33. The highest BCUT2D eigenvalue weighted by atomic mass is 16.6. The summed E-state index contributed by atoms with van der Waals surface area (Å²) in [6.45, 7) is -0.579. The minimum absolute atomic E-state index is 0.00447. The summed E-state index contributed by atoms with van der Waals surface area (Å²) in [5.41, 5.74) is 0.300. The van der Waals surface area contributed by atoms with Gasteiger partial charge in [-0.3, -0.25) is 9.59 Å².